The molecule has 0 aromatic heterocycles. The van der Waals surface area contributed by atoms with Gasteiger partial charge in [0.25, 0.3) is 0 Å². The fourth-order valence-electron chi connectivity index (χ4n) is 2.19. The summed E-state index contributed by atoms with van der Waals surface area (Å²) >= 11 is 0. The number of amidine groups is 1. The lowest BCUT2D eigenvalue weighted by molar-refractivity contribution is -0.125. The largest absolute Gasteiger partial charge is 0.409 e. The van der Waals surface area contributed by atoms with Crippen molar-refractivity contribution in [1.82, 2.24) is 5.32 Å². The first-order valence-corrected chi connectivity index (χ1v) is 5.98. The third-order valence-corrected chi connectivity index (χ3v) is 3.85. The van der Waals surface area contributed by atoms with E-state index in [1.807, 2.05) is 0 Å². The molecule has 2 fully saturated rings. The van der Waals surface area contributed by atoms with Crippen molar-refractivity contribution in [2.75, 3.05) is 26.9 Å². The Hall–Kier alpha value is -1.34. The Balaban J connectivity index is 1.93. The summed E-state index contributed by atoms with van der Waals surface area (Å²) in [4.78, 5) is 12.1. The minimum absolute atomic E-state index is 0.0193. The van der Waals surface area contributed by atoms with Gasteiger partial charge in [-0.15, -0.1) is 0 Å². The average molecular weight is 257 g/mol. The maximum atomic E-state index is 12.1. The number of rotatable bonds is 5. The minimum atomic E-state index is -0.816. The van der Waals surface area contributed by atoms with E-state index in [9.17, 15) is 4.79 Å². The first-order valence-electron chi connectivity index (χ1n) is 5.98. The van der Waals surface area contributed by atoms with Crippen LogP contribution in [0.3, 0.4) is 0 Å². The third-order valence-electron chi connectivity index (χ3n) is 3.85. The fraction of sp³-hybridized carbons (Fsp3) is 0.818. The normalized spacial score (nSPS) is 30.2. The molecule has 0 spiro atoms. The maximum absolute atomic E-state index is 12.1. The van der Waals surface area contributed by atoms with Crippen LogP contribution < -0.4 is 11.1 Å². The summed E-state index contributed by atoms with van der Waals surface area (Å²) in [5.74, 6) is -0.227. The van der Waals surface area contributed by atoms with Crippen molar-refractivity contribution >= 4 is 11.7 Å². The van der Waals surface area contributed by atoms with Crippen molar-refractivity contribution in [3.63, 3.8) is 0 Å². The molecule has 102 valence electrons. The van der Waals surface area contributed by atoms with Crippen molar-refractivity contribution in [2.45, 2.75) is 24.9 Å². The highest BCUT2D eigenvalue weighted by Gasteiger charge is 2.54. The van der Waals surface area contributed by atoms with Gasteiger partial charge in [-0.05, 0) is 12.8 Å². The molecule has 0 radical (unpaired) electrons. The highest BCUT2D eigenvalue weighted by atomic mass is 16.5. The van der Waals surface area contributed by atoms with E-state index in [2.05, 4.69) is 10.5 Å². The summed E-state index contributed by atoms with van der Waals surface area (Å²) in [5, 5.41) is 14.4. The van der Waals surface area contributed by atoms with E-state index in [0.29, 0.717) is 32.6 Å². The maximum Gasteiger partial charge on any atom is 0.234 e. The Kier molecular flexibility index (Phi) is 3.45. The number of oxime groups is 1. The van der Waals surface area contributed by atoms with Gasteiger partial charge in [-0.2, -0.15) is 0 Å². The lowest BCUT2D eigenvalue weighted by Crippen LogP contribution is -2.49. The topological polar surface area (TPSA) is 106 Å². The molecule has 7 nitrogen and oxygen atoms in total. The Morgan fingerprint density at radius 1 is 1.56 bits per heavy atom. The Labute approximate surface area is 105 Å². The quantitative estimate of drug-likeness (QED) is 0.265. The second-order valence-corrected chi connectivity index (χ2v) is 4.94. The van der Waals surface area contributed by atoms with Crippen LogP contribution >= 0.6 is 0 Å². The molecule has 1 heterocycles. The number of nitrogens with one attached hydrogen (secondary N) is 1. The Bertz CT molecular complexity index is 359. The van der Waals surface area contributed by atoms with Gasteiger partial charge in [0.05, 0.1) is 6.61 Å². The molecule has 1 aliphatic carbocycles. The SMILES string of the molecule is COC1(CNC(=O)C2(C(N)=NO)CC2)CCOC1. The van der Waals surface area contributed by atoms with Crippen LogP contribution in [0, 0.1) is 5.41 Å². The molecule has 1 saturated heterocycles. The number of methoxy groups -OCH3 is 1. The summed E-state index contributed by atoms with van der Waals surface area (Å²) in [6.07, 6.45) is 1.98. The van der Waals surface area contributed by atoms with Gasteiger partial charge in [-0.3, -0.25) is 4.79 Å². The first-order chi connectivity index (χ1) is 8.58. The molecule has 4 N–H and O–H groups in total. The number of carbonyl (C=O) groups excluding carboxylic acids is 1. The zero-order valence-electron chi connectivity index (χ0n) is 10.4. The Morgan fingerprint density at radius 3 is 2.72 bits per heavy atom. The molecule has 0 aromatic rings. The van der Waals surface area contributed by atoms with Crippen molar-refractivity contribution < 1.29 is 19.5 Å². The van der Waals surface area contributed by atoms with Crippen molar-refractivity contribution in [2.24, 2.45) is 16.3 Å². The summed E-state index contributed by atoms with van der Waals surface area (Å²) in [6.45, 7) is 1.48. The van der Waals surface area contributed by atoms with Gasteiger partial charge >= 0.3 is 0 Å². The number of nitrogens with zero attached hydrogens (tertiary/aromatic N) is 1. The highest BCUT2D eigenvalue weighted by molar-refractivity contribution is 6.09. The van der Waals surface area contributed by atoms with E-state index >= 15 is 0 Å². The summed E-state index contributed by atoms with van der Waals surface area (Å²) in [7, 11) is 1.61. The summed E-state index contributed by atoms with van der Waals surface area (Å²) < 4.78 is 10.7. The second kappa shape index (κ2) is 4.74. The zero-order chi connectivity index (χ0) is 13.2. The van der Waals surface area contributed by atoms with Crippen LogP contribution in [0.15, 0.2) is 5.16 Å². The highest BCUT2D eigenvalue weighted by Crippen LogP contribution is 2.46. The van der Waals surface area contributed by atoms with Crippen molar-refractivity contribution in [3.8, 4) is 0 Å². The molecule has 1 unspecified atom stereocenters. The molecule has 1 saturated carbocycles. The van der Waals surface area contributed by atoms with Crippen LogP contribution in [0.2, 0.25) is 0 Å². The minimum Gasteiger partial charge on any atom is -0.409 e. The number of amides is 1. The van der Waals surface area contributed by atoms with Gasteiger partial charge in [-0.1, -0.05) is 5.16 Å². The smallest absolute Gasteiger partial charge is 0.234 e. The Morgan fingerprint density at radius 2 is 2.28 bits per heavy atom. The standard InChI is InChI=1S/C11H19N3O4/c1-17-10(4-5-18-7-10)6-13-9(15)11(2-3-11)8(12)14-16/h16H,2-7H2,1H3,(H2,12,14)(H,13,15). The number of hydrogen-bond acceptors (Lipinski definition) is 5. The van der Waals surface area contributed by atoms with Gasteiger partial charge in [0, 0.05) is 26.7 Å². The van der Waals surface area contributed by atoms with Crippen LogP contribution in [0.1, 0.15) is 19.3 Å². The summed E-state index contributed by atoms with van der Waals surface area (Å²) in [5.41, 5.74) is 4.28. The molecule has 0 bridgehead atoms. The second-order valence-electron chi connectivity index (χ2n) is 4.94. The number of hydrogen-bond donors (Lipinski definition) is 3. The summed E-state index contributed by atoms with van der Waals surface area (Å²) in [6, 6.07) is 0. The molecule has 1 aliphatic heterocycles. The molecule has 2 rings (SSSR count). The van der Waals surface area contributed by atoms with Crippen molar-refractivity contribution in [3.05, 3.63) is 0 Å². The fourth-order valence-corrected chi connectivity index (χ4v) is 2.19. The van der Waals surface area contributed by atoms with Gasteiger partial charge in [0.15, 0.2) is 5.84 Å². The van der Waals surface area contributed by atoms with Crippen LogP contribution in [0.4, 0.5) is 0 Å². The molecule has 2 aliphatic rings. The van der Waals surface area contributed by atoms with Crippen LogP contribution in [0.25, 0.3) is 0 Å². The lowest BCUT2D eigenvalue weighted by atomic mass is 10.0. The van der Waals surface area contributed by atoms with E-state index in [1.54, 1.807) is 7.11 Å². The molecule has 18 heavy (non-hydrogen) atoms. The van der Waals surface area contributed by atoms with E-state index < -0.39 is 11.0 Å². The molecule has 1 amide bonds. The van der Waals surface area contributed by atoms with Crippen LogP contribution in [-0.2, 0) is 14.3 Å². The van der Waals surface area contributed by atoms with Gasteiger partial charge in [0.1, 0.15) is 11.0 Å². The van der Waals surface area contributed by atoms with Gasteiger partial charge in [0.2, 0.25) is 5.91 Å². The van der Waals surface area contributed by atoms with E-state index in [-0.39, 0.29) is 11.7 Å². The molecular weight excluding hydrogens is 238 g/mol. The van der Waals surface area contributed by atoms with E-state index in [4.69, 9.17) is 20.4 Å². The molecule has 7 heteroatoms. The van der Waals surface area contributed by atoms with Gasteiger partial charge in [-0.25, -0.2) is 0 Å². The molecular formula is C11H19N3O4. The van der Waals surface area contributed by atoms with Crippen LogP contribution in [0.5, 0.6) is 0 Å². The number of ether oxygens (including phenoxy) is 2. The third kappa shape index (κ3) is 2.15. The molecule has 1 atom stereocenters. The first kappa shape index (κ1) is 13.1. The number of nitrogens with two attached hydrogens (primary N) is 1. The van der Waals surface area contributed by atoms with E-state index in [0.717, 1.165) is 6.42 Å². The monoisotopic (exact) mass is 257 g/mol. The van der Waals surface area contributed by atoms with Gasteiger partial charge < -0.3 is 25.7 Å². The van der Waals surface area contributed by atoms with Crippen LogP contribution in [-0.4, -0.2) is 49.4 Å². The lowest BCUT2D eigenvalue weighted by Gasteiger charge is -2.27. The number of carbonyl (C=O) groups is 1. The predicted octanol–water partition coefficient (Wildman–Crippen LogP) is -0.565. The molecule has 0 aromatic carbocycles. The predicted molar refractivity (Wildman–Crippen MR) is 63.3 cm³/mol. The van der Waals surface area contributed by atoms with Crippen molar-refractivity contribution in [1.29, 1.82) is 0 Å². The zero-order valence-corrected chi connectivity index (χ0v) is 10.4. The average Bonchev–Trinajstić information content (AvgIpc) is 3.08. The van der Waals surface area contributed by atoms with E-state index in [1.165, 1.54) is 0 Å².